The number of aliphatic hydroxyl groups is 2. The zero-order valence-corrected chi connectivity index (χ0v) is 34.0. The molecule has 0 radical (unpaired) electrons. The fourth-order valence-corrected chi connectivity index (χ4v) is 16.9. The lowest BCUT2D eigenvalue weighted by Crippen LogP contribution is -2.80. The Labute approximate surface area is 339 Å². The van der Waals surface area contributed by atoms with Crippen molar-refractivity contribution in [2.75, 3.05) is 26.4 Å². The summed E-state index contributed by atoms with van der Waals surface area (Å²) in [6.07, 6.45) is 14.8. The quantitative estimate of drug-likeness (QED) is 0.218. The maximum absolute atomic E-state index is 15.5. The summed E-state index contributed by atoms with van der Waals surface area (Å²) in [6.45, 7) is 7.98. The molecule has 6 aliphatic carbocycles. The van der Waals surface area contributed by atoms with E-state index in [1.165, 1.54) is 0 Å². The SMILES string of the molecule is CC1(C)O[C@H]2C3(CCCC3)C(=O)OC[C@]23[C@H]2CC[C@@]4(C)[C@H](c5ccoc5C[C@H](CO)[C@H]5CC[C@H]6[C@H](C=CN7CNC[C@@H]67)C5)OC(=O)[C@H]5O[C@]54[C@@]24CC=C[C@@]13C(=O)[C@H]4O. The number of nitrogens with one attached hydrogen (secondary N) is 1. The molecule has 1 aromatic heterocycles. The second kappa shape index (κ2) is 11.7. The third-order valence-electron chi connectivity index (χ3n) is 19.2. The number of hydrogen-bond acceptors (Lipinski definition) is 12. The normalized spacial score (nSPS) is 50.1. The highest BCUT2D eigenvalue weighted by molar-refractivity contribution is 5.98. The van der Waals surface area contributed by atoms with Gasteiger partial charge in [0.05, 0.1) is 40.9 Å². The van der Waals surface area contributed by atoms with Crippen LogP contribution in [0, 0.1) is 56.7 Å². The van der Waals surface area contributed by atoms with Crippen LogP contribution in [0.1, 0.15) is 102 Å². The van der Waals surface area contributed by atoms with Crippen LogP contribution in [0.2, 0.25) is 0 Å². The van der Waals surface area contributed by atoms with Crippen molar-refractivity contribution in [1.29, 1.82) is 0 Å². The number of esters is 2. The highest BCUT2D eigenvalue weighted by Gasteiger charge is 2.95. The molecule has 12 nitrogen and oxygen atoms in total. The van der Waals surface area contributed by atoms with Gasteiger partial charge >= 0.3 is 11.9 Å². The first-order valence-electron chi connectivity index (χ1n) is 22.3. The van der Waals surface area contributed by atoms with E-state index in [0.717, 1.165) is 50.9 Å². The number of ether oxygens (including phenoxy) is 4. The number of rotatable bonds is 5. The molecule has 15 atom stereocenters. The fourth-order valence-electron chi connectivity index (χ4n) is 16.9. The van der Waals surface area contributed by atoms with Gasteiger partial charge in [0, 0.05) is 42.0 Å². The lowest BCUT2D eigenvalue weighted by molar-refractivity contribution is -0.273. The molecule has 3 N–H and O–H groups in total. The predicted octanol–water partition coefficient (Wildman–Crippen LogP) is 4.53. The first-order chi connectivity index (χ1) is 27.9. The van der Waals surface area contributed by atoms with Crippen LogP contribution >= 0.6 is 0 Å². The number of furan rings is 1. The van der Waals surface area contributed by atoms with Gasteiger partial charge in [-0.25, -0.2) is 4.79 Å². The molecule has 0 aromatic carbocycles. The zero-order valence-electron chi connectivity index (χ0n) is 34.0. The van der Waals surface area contributed by atoms with Gasteiger partial charge in [-0.15, -0.1) is 0 Å². The summed E-state index contributed by atoms with van der Waals surface area (Å²) < 4.78 is 33.1. The molecule has 12 heteroatoms. The molecule has 0 amide bonds. The average molecular weight is 799 g/mol. The molecule has 5 spiro atoms. The van der Waals surface area contributed by atoms with Crippen LogP contribution < -0.4 is 5.32 Å². The Morgan fingerprint density at radius 1 is 1.02 bits per heavy atom. The third kappa shape index (κ3) is 3.88. The van der Waals surface area contributed by atoms with Crippen LogP contribution in [-0.2, 0) is 39.8 Å². The minimum atomic E-state index is -1.45. The highest BCUT2D eigenvalue weighted by Crippen LogP contribution is 2.85. The monoisotopic (exact) mass is 798 g/mol. The molecule has 5 saturated heterocycles. The van der Waals surface area contributed by atoms with Gasteiger partial charge in [-0.1, -0.05) is 38.0 Å². The van der Waals surface area contributed by atoms with Crippen molar-refractivity contribution in [1.82, 2.24) is 10.2 Å². The number of cyclic esters (lactones) is 2. The second-order valence-corrected chi connectivity index (χ2v) is 21.2. The van der Waals surface area contributed by atoms with Gasteiger partial charge in [0.2, 0.25) is 0 Å². The van der Waals surface area contributed by atoms with E-state index < -0.39 is 68.7 Å². The van der Waals surface area contributed by atoms with Gasteiger partial charge in [-0.3, -0.25) is 14.9 Å². The van der Waals surface area contributed by atoms with Crippen molar-refractivity contribution in [3.63, 3.8) is 0 Å². The van der Waals surface area contributed by atoms with E-state index >= 15 is 4.79 Å². The van der Waals surface area contributed by atoms with Crippen LogP contribution in [0.5, 0.6) is 0 Å². The topological polar surface area (TPSA) is 160 Å². The molecule has 13 rings (SSSR count). The van der Waals surface area contributed by atoms with Crippen molar-refractivity contribution in [2.24, 2.45) is 56.7 Å². The van der Waals surface area contributed by atoms with E-state index in [1.54, 1.807) is 6.26 Å². The number of nitrogens with zero attached hydrogens (tertiary/aromatic N) is 1. The van der Waals surface area contributed by atoms with E-state index in [-0.39, 0.29) is 36.8 Å². The third-order valence-corrected chi connectivity index (χ3v) is 19.2. The van der Waals surface area contributed by atoms with Crippen LogP contribution in [0.15, 0.2) is 41.2 Å². The summed E-state index contributed by atoms with van der Waals surface area (Å²) in [4.78, 5) is 46.2. The molecular formula is C46H58N2O10. The number of allylic oxidation sites excluding steroid dienone is 2. The number of hydrogen-bond donors (Lipinski definition) is 3. The number of aliphatic hydroxyl groups excluding tert-OH is 2. The maximum Gasteiger partial charge on any atom is 0.339 e. The number of fused-ring (bicyclic) bond motifs is 6. The molecule has 12 aliphatic rings. The predicted molar refractivity (Wildman–Crippen MR) is 205 cm³/mol. The molecule has 312 valence electrons. The minimum absolute atomic E-state index is 0.0189. The van der Waals surface area contributed by atoms with Gasteiger partial charge in [0.25, 0.3) is 0 Å². The Morgan fingerprint density at radius 3 is 2.66 bits per heavy atom. The van der Waals surface area contributed by atoms with E-state index in [0.29, 0.717) is 68.1 Å². The van der Waals surface area contributed by atoms with E-state index in [1.807, 2.05) is 32.1 Å². The molecule has 2 bridgehead atoms. The van der Waals surface area contributed by atoms with Gasteiger partial charge in [-0.05, 0) is 107 Å². The number of Topliss-reactive ketones (excluding diaryl/α,β-unsaturated/α-hetero) is 1. The summed E-state index contributed by atoms with van der Waals surface area (Å²) >= 11 is 0. The number of carbonyl (C=O) groups excluding carboxylic acids is 3. The van der Waals surface area contributed by atoms with Crippen molar-refractivity contribution >= 4 is 17.7 Å². The van der Waals surface area contributed by atoms with Gasteiger partial charge in [0.1, 0.15) is 30.2 Å². The molecule has 7 heterocycles. The van der Waals surface area contributed by atoms with Crippen LogP contribution in [-0.4, -0.2) is 94.8 Å². The number of ketones is 1. The zero-order chi connectivity index (χ0) is 39.8. The Morgan fingerprint density at radius 2 is 1.84 bits per heavy atom. The first kappa shape index (κ1) is 36.8. The highest BCUT2D eigenvalue weighted by atomic mass is 16.7. The molecule has 1 aromatic rings. The molecule has 0 unspecified atom stereocenters. The Balaban J connectivity index is 0.923. The molecule has 6 aliphatic heterocycles. The first-order valence-corrected chi connectivity index (χ1v) is 22.3. The summed E-state index contributed by atoms with van der Waals surface area (Å²) in [5.41, 5.74) is -6.65. The Kier molecular flexibility index (Phi) is 7.40. The molecule has 9 fully saturated rings. The molecule has 4 saturated carbocycles. The smallest absolute Gasteiger partial charge is 0.339 e. The van der Waals surface area contributed by atoms with Gasteiger partial charge < -0.3 is 38.5 Å². The summed E-state index contributed by atoms with van der Waals surface area (Å²) in [6, 6.07) is 2.44. The summed E-state index contributed by atoms with van der Waals surface area (Å²) in [5, 5.41) is 27.4. The summed E-state index contributed by atoms with van der Waals surface area (Å²) in [7, 11) is 0. The van der Waals surface area contributed by atoms with Gasteiger partial charge in [0.15, 0.2) is 11.9 Å². The van der Waals surface area contributed by atoms with Crippen molar-refractivity contribution in [3.8, 4) is 0 Å². The number of carbonyl (C=O) groups is 3. The molecular weight excluding hydrogens is 741 g/mol. The maximum atomic E-state index is 15.5. The van der Waals surface area contributed by atoms with E-state index in [4.69, 9.17) is 23.4 Å². The lowest BCUT2D eigenvalue weighted by atomic mass is 9.32. The van der Waals surface area contributed by atoms with Gasteiger partial charge in [-0.2, -0.15) is 0 Å². The summed E-state index contributed by atoms with van der Waals surface area (Å²) in [5.74, 6) is 0.653. The minimum Gasteiger partial charge on any atom is -0.469 e. The van der Waals surface area contributed by atoms with Crippen LogP contribution in [0.3, 0.4) is 0 Å². The van der Waals surface area contributed by atoms with Crippen LogP contribution in [0.25, 0.3) is 0 Å². The largest absolute Gasteiger partial charge is 0.469 e. The number of epoxide rings is 1. The average Bonchev–Trinajstić information content (AvgIpc) is 3.54. The second-order valence-electron chi connectivity index (χ2n) is 21.2. The van der Waals surface area contributed by atoms with Crippen molar-refractivity contribution in [3.05, 3.63) is 48.1 Å². The fraction of sp³-hybridized carbons (Fsp3) is 0.761. The molecule has 58 heavy (non-hydrogen) atoms. The van der Waals surface area contributed by atoms with E-state index in [2.05, 4.69) is 29.4 Å². The Hall–Kier alpha value is -3.03. The lowest BCUT2D eigenvalue weighted by Gasteiger charge is -2.69. The Bertz CT molecular complexity index is 2040. The van der Waals surface area contributed by atoms with Crippen LogP contribution in [0.4, 0.5) is 0 Å². The van der Waals surface area contributed by atoms with Crippen molar-refractivity contribution in [2.45, 2.75) is 133 Å². The van der Waals surface area contributed by atoms with E-state index in [9.17, 15) is 19.8 Å². The standard InChI is InChI=1S/C46H58N2O10/c1-40(2)45-15-6-14-43(33(50)34(45)51)32(44(45)23-55-39(53)42(38(44)58-40)12-4-5-13-42)9-16-41(3)35(56-37(52)36-46(41,43)57-36)29-11-18-54-31(29)20-27(22-49)25-7-8-28-26(19-25)10-17-48-24-47-21-30(28)48/h6,10-11,15,17-18,25-28,30,32-33,35-36,38,47,49-50H,4-5,7-9,12-14,16,19-24H2,1-3H3/t25-,26+,27+,28-,30-,32-,33+,35-,36+,38-,41-,43-,44-,45+,46+/m0/s1. The van der Waals surface area contributed by atoms with Crippen molar-refractivity contribution < 1.29 is 48.0 Å².